The molecule has 10 nitrogen and oxygen atoms in total. The van der Waals surface area contributed by atoms with E-state index in [0.29, 0.717) is 41.0 Å². The average Bonchev–Trinajstić information content (AvgIpc) is 2.82. The van der Waals surface area contributed by atoms with Gasteiger partial charge in [0, 0.05) is 35.9 Å². The van der Waals surface area contributed by atoms with Gasteiger partial charge in [0.15, 0.2) is 11.5 Å². The number of carbonyl (C=O) groups excluding carboxylic acids is 1. The highest BCUT2D eigenvalue weighted by atomic mass is 16.5. The predicted molar refractivity (Wildman–Crippen MR) is 122 cm³/mol. The number of rotatable bonds is 9. The average molecular weight is 455 g/mol. The van der Waals surface area contributed by atoms with Gasteiger partial charge in [-0.05, 0) is 31.2 Å². The normalized spacial score (nSPS) is 10.4. The van der Waals surface area contributed by atoms with Gasteiger partial charge in [0.25, 0.3) is 0 Å². The molecular formula is C23H25N3O7. The Morgan fingerprint density at radius 3 is 2.09 bits per heavy atom. The van der Waals surface area contributed by atoms with Crippen molar-refractivity contribution in [3.63, 3.8) is 0 Å². The molecule has 0 unspecified atom stereocenters. The summed E-state index contributed by atoms with van der Waals surface area (Å²) in [5, 5.41) is 2.67. The third-order valence-electron chi connectivity index (χ3n) is 4.75. The molecule has 0 radical (unpaired) electrons. The maximum Gasteiger partial charge on any atom is 0.320 e. The summed E-state index contributed by atoms with van der Waals surface area (Å²) in [6, 6.07) is 9.89. The van der Waals surface area contributed by atoms with Gasteiger partial charge in [0.05, 0.1) is 27.9 Å². The van der Waals surface area contributed by atoms with Crippen molar-refractivity contribution < 1.29 is 23.7 Å². The van der Waals surface area contributed by atoms with E-state index in [1.807, 2.05) is 6.92 Å². The molecule has 0 saturated carbocycles. The highest BCUT2D eigenvalue weighted by molar-refractivity contribution is 5.91. The zero-order valence-corrected chi connectivity index (χ0v) is 18.8. The molecule has 0 saturated heterocycles. The van der Waals surface area contributed by atoms with Crippen molar-refractivity contribution >= 4 is 11.6 Å². The van der Waals surface area contributed by atoms with Crippen LogP contribution in [0.2, 0.25) is 0 Å². The second-order valence-electron chi connectivity index (χ2n) is 6.80. The Labute approximate surface area is 189 Å². The van der Waals surface area contributed by atoms with Crippen molar-refractivity contribution in [2.75, 3.05) is 33.3 Å². The van der Waals surface area contributed by atoms with Gasteiger partial charge in [-0.3, -0.25) is 23.5 Å². The van der Waals surface area contributed by atoms with Crippen molar-refractivity contribution in [2.45, 2.75) is 13.5 Å². The van der Waals surface area contributed by atoms with E-state index >= 15 is 0 Å². The van der Waals surface area contributed by atoms with Crippen molar-refractivity contribution in [2.24, 2.45) is 0 Å². The lowest BCUT2D eigenvalue weighted by Gasteiger charge is -2.15. The van der Waals surface area contributed by atoms with Crippen LogP contribution in [0.1, 0.15) is 6.92 Å². The number of nitrogens with zero attached hydrogens (tertiary/aromatic N) is 2. The highest BCUT2D eigenvalue weighted by Gasteiger charge is 2.15. The van der Waals surface area contributed by atoms with Crippen LogP contribution in [-0.2, 0) is 11.3 Å². The molecule has 33 heavy (non-hydrogen) atoms. The van der Waals surface area contributed by atoms with Crippen LogP contribution < -0.4 is 35.4 Å². The minimum Gasteiger partial charge on any atom is -0.494 e. The molecule has 0 bridgehead atoms. The Kier molecular flexibility index (Phi) is 7.39. The Bertz CT molecular complexity index is 1220. The van der Waals surface area contributed by atoms with Crippen LogP contribution in [0.15, 0.2) is 58.4 Å². The lowest BCUT2D eigenvalue weighted by Crippen LogP contribution is -2.41. The first kappa shape index (κ1) is 23.5. The van der Waals surface area contributed by atoms with Crippen LogP contribution in [0.3, 0.4) is 0 Å². The monoisotopic (exact) mass is 455 g/mol. The molecule has 0 aliphatic carbocycles. The van der Waals surface area contributed by atoms with Crippen molar-refractivity contribution in [1.82, 2.24) is 9.13 Å². The van der Waals surface area contributed by atoms with Gasteiger partial charge in [-0.25, -0.2) is 0 Å². The van der Waals surface area contributed by atoms with E-state index in [2.05, 4.69) is 5.32 Å². The van der Waals surface area contributed by atoms with Crippen LogP contribution in [0, 0.1) is 0 Å². The standard InChI is InChI=1S/C23H25N3O7/c1-5-33-17-8-6-16(7-9-17)26-11-10-25(22(28)23(26)29)14-20(27)24-15-12-18(30-2)21(32-4)19(13-15)31-3/h6-13H,5,14H2,1-4H3,(H,24,27). The molecule has 1 N–H and O–H groups in total. The van der Waals surface area contributed by atoms with Gasteiger partial charge in [-0.15, -0.1) is 0 Å². The Morgan fingerprint density at radius 1 is 0.909 bits per heavy atom. The molecule has 3 aromatic rings. The molecule has 0 aliphatic heterocycles. The number of ether oxygens (including phenoxy) is 4. The van der Waals surface area contributed by atoms with Crippen LogP contribution >= 0.6 is 0 Å². The molecule has 2 aromatic carbocycles. The van der Waals surface area contributed by atoms with E-state index in [1.54, 1.807) is 36.4 Å². The van der Waals surface area contributed by atoms with Crippen molar-refractivity contribution in [1.29, 1.82) is 0 Å². The van der Waals surface area contributed by atoms with Gasteiger partial charge in [0.2, 0.25) is 11.7 Å². The predicted octanol–water partition coefficient (Wildman–Crippen LogP) is 2.06. The number of nitrogens with one attached hydrogen (secondary N) is 1. The fourth-order valence-corrected chi connectivity index (χ4v) is 3.21. The Hall–Kier alpha value is -4.21. The summed E-state index contributed by atoms with van der Waals surface area (Å²) in [5.74, 6) is 1.26. The summed E-state index contributed by atoms with van der Waals surface area (Å²) in [6.07, 6.45) is 2.82. The number of methoxy groups -OCH3 is 3. The summed E-state index contributed by atoms with van der Waals surface area (Å²) < 4.78 is 23.4. The summed E-state index contributed by atoms with van der Waals surface area (Å²) >= 11 is 0. The molecule has 1 amide bonds. The zero-order chi connectivity index (χ0) is 24.0. The minimum atomic E-state index is -0.827. The fourth-order valence-electron chi connectivity index (χ4n) is 3.21. The molecule has 0 spiro atoms. The van der Waals surface area contributed by atoms with Gasteiger partial charge in [0.1, 0.15) is 12.3 Å². The van der Waals surface area contributed by atoms with Crippen molar-refractivity contribution in [3.8, 4) is 28.7 Å². The highest BCUT2D eigenvalue weighted by Crippen LogP contribution is 2.39. The number of hydrogen-bond donors (Lipinski definition) is 1. The zero-order valence-electron chi connectivity index (χ0n) is 18.8. The Morgan fingerprint density at radius 2 is 1.55 bits per heavy atom. The fraction of sp³-hybridized carbons (Fsp3) is 0.261. The maximum absolute atomic E-state index is 12.6. The van der Waals surface area contributed by atoms with Gasteiger partial charge >= 0.3 is 11.1 Å². The summed E-state index contributed by atoms with van der Waals surface area (Å²) in [6.45, 7) is 2.04. The van der Waals surface area contributed by atoms with E-state index in [-0.39, 0.29) is 6.54 Å². The number of carbonyl (C=O) groups is 1. The molecular weight excluding hydrogens is 430 g/mol. The van der Waals surface area contributed by atoms with E-state index in [9.17, 15) is 14.4 Å². The SMILES string of the molecule is CCOc1ccc(-n2ccn(CC(=O)Nc3cc(OC)c(OC)c(OC)c3)c(=O)c2=O)cc1. The third kappa shape index (κ3) is 5.17. The first-order valence-electron chi connectivity index (χ1n) is 10.1. The van der Waals surface area contributed by atoms with Crippen LogP contribution in [-0.4, -0.2) is 43.0 Å². The third-order valence-corrected chi connectivity index (χ3v) is 4.75. The van der Waals surface area contributed by atoms with Gasteiger partial charge in [-0.1, -0.05) is 0 Å². The lowest BCUT2D eigenvalue weighted by molar-refractivity contribution is -0.116. The van der Waals surface area contributed by atoms with Gasteiger partial charge < -0.3 is 24.3 Å². The van der Waals surface area contributed by atoms with E-state index in [4.69, 9.17) is 18.9 Å². The van der Waals surface area contributed by atoms with E-state index in [0.717, 1.165) is 4.57 Å². The molecule has 174 valence electrons. The van der Waals surface area contributed by atoms with Gasteiger partial charge in [-0.2, -0.15) is 0 Å². The summed E-state index contributed by atoms with van der Waals surface area (Å²) in [5.41, 5.74) is -0.714. The van der Waals surface area contributed by atoms with Crippen LogP contribution in [0.25, 0.3) is 5.69 Å². The van der Waals surface area contributed by atoms with Crippen molar-refractivity contribution in [3.05, 3.63) is 69.5 Å². The minimum absolute atomic E-state index is 0.352. The molecule has 0 aliphatic rings. The second kappa shape index (κ2) is 10.4. The van der Waals surface area contributed by atoms with E-state index < -0.39 is 17.0 Å². The molecule has 10 heteroatoms. The summed E-state index contributed by atoms with van der Waals surface area (Å²) in [4.78, 5) is 37.7. The largest absolute Gasteiger partial charge is 0.494 e. The van der Waals surface area contributed by atoms with Crippen LogP contribution in [0.5, 0.6) is 23.0 Å². The maximum atomic E-state index is 12.6. The Balaban J connectivity index is 1.80. The number of anilines is 1. The number of aromatic nitrogens is 2. The number of benzene rings is 2. The quantitative estimate of drug-likeness (QED) is 0.492. The number of amides is 1. The molecule has 0 fully saturated rings. The molecule has 0 atom stereocenters. The topological polar surface area (TPSA) is 110 Å². The molecule has 1 aromatic heterocycles. The molecule has 1 heterocycles. The molecule has 3 rings (SSSR count). The summed E-state index contributed by atoms with van der Waals surface area (Å²) in [7, 11) is 4.39. The second-order valence-corrected chi connectivity index (χ2v) is 6.80. The lowest BCUT2D eigenvalue weighted by atomic mass is 10.2. The smallest absolute Gasteiger partial charge is 0.320 e. The first-order chi connectivity index (χ1) is 15.9. The number of hydrogen-bond acceptors (Lipinski definition) is 7. The first-order valence-corrected chi connectivity index (χ1v) is 10.1. The van der Waals surface area contributed by atoms with Crippen LogP contribution in [0.4, 0.5) is 5.69 Å². The van der Waals surface area contributed by atoms with E-state index in [1.165, 1.54) is 38.3 Å².